The molecule has 1 aromatic rings. The highest BCUT2D eigenvalue weighted by Crippen LogP contribution is 2.40. The number of hydrogen-bond acceptors (Lipinski definition) is 8. The molecular formula is C24H27N3O6S. The fourth-order valence-electron chi connectivity index (χ4n) is 4.17. The number of hydrogen-bond donors (Lipinski definition) is 1. The van der Waals surface area contributed by atoms with Gasteiger partial charge in [0.2, 0.25) is 11.8 Å². The number of nitrogens with zero attached hydrogens (tertiary/aromatic N) is 2. The quantitative estimate of drug-likeness (QED) is 0.481. The third kappa shape index (κ3) is 5.59. The number of rotatable bonds is 6. The van der Waals surface area contributed by atoms with Crippen molar-refractivity contribution in [2.75, 3.05) is 33.1 Å². The summed E-state index contributed by atoms with van der Waals surface area (Å²) in [5.41, 5.74) is 0.946. The Morgan fingerprint density at radius 2 is 1.74 bits per heavy atom. The number of methoxy groups -OCH3 is 2. The van der Waals surface area contributed by atoms with E-state index < -0.39 is 29.7 Å². The maximum absolute atomic E-state index is 12.9. The summed E-state index contributed by atoms with van der Waals surface area (Å²) in [6, 6.07) is 8.28. The van der Waals surface area contributed by atoms with E-state index >= 15 is 0 Å². The average Bonchev–Trinajstić information content (AvgIpc) is 3.15. The van der Waals surface area contributed by atoms with Gasteiger partial charge in [-0.2, -0.15) is 5.26 Å². The Balaban J connectivity index is 1.92. The van der Waals surface area contributed by atoms with E-state index in [1.807, 2.05) is 4.90 Å². The predicted molar refractivity (Wildman–Crippen MR) is 124 cm³/mol. The molecule has 2 amide bonds. The molecule has 9 nitrogen and oxygen atoms in total. The van der Waals surface area contributed by atoms with E-state index in [4.69, 9.17) is 9.47 Å². The molecule has 0 saturated carbocycles. The maximum Gasteiger partial charge on any atom is 0.337 e. The van der Waals surface area contributed by atoms with E-state index in [1.54, 1.807) is 12.1 Å². The van der Waals surface area contributed by atoms with Gasteiger partial charge in [-0.1, -0.05) is 36.7 Å². The normalized spacial score (nSPS) is 20.6. The Morgan fingerprint density at radius 3 is 2.29 bits per heavy atom. The Labute approximate surface area is 202 Å². The molecule has 0 unspecified atom stereocenters. The van der Waals surface area contributed by atoms with Gasteiger partial charge >= 0.3 is 11.9 Å². The summed E-state index contributed by atoms with van der Waals surface area (Å²) in [4.78, 5) is 51.8. The van der Waals surface area contributed by atoms with Crippen LogP contribution < -0.4 is 5.32 Å². The fourth-order valence-corrected chi connectivity index (χ4v) is 5.12. The Kier molecular flexibility index (Phi) is 8.71. The SMILES string of the molecule is COC(=O)c1ccc([C@H]2C(C#N)=C(SCC(=O)N3CCCCCC3)NC(=O)[C@H]2C(=O)OC)cc1. The van der Waals surface area contributed by atoms with Crippen LogP contribution in [-0.4, -0.2) is 61.7 Å². The van der Waals surface area contributed by atoms with Crippen molar-refractivity contribution >= 4 is 35.5 Å². The van der Waals surface area contributed by atoms with Crippen LogP contribution in [0.2, 0.25) is 0 Å². The van der Waals surface area contributed by atoms with E-state index in [0.29, 0.717) is 24.2 Å². The molecule has 34 heavy (non-hydrogen) atoms. The summed E-state index contributed by atoms with van der Waals surface area (Å²) in [6.45, 7) is 1.41. The fraction of sp³-hybridized carbons (Fsp3) is 0.458. The summed E-state index contributed by atoms with van der Waals surface area (Å²) >= 11 is 1.08. The molecule has 0 aromatic heterocycles. The highest BCUT2D eigenvalue weighted by Gasteiger charge is 2.44. The average molecular weight is 486 g/mol. The van der Waals surface area contributed by atoms with E-state index in [2.05, 4.69) is 11.4 Å². The molecule has 1 saturated heterocycles. The summed E-state index contributed by atoms with van der Waals surface area (Å²) in [5.74, 6) is -4.12. The van der Waals surface area contributed by atoms with Crippen molar-refractivity contribution in [2.24, 2.45) is 5.92 Å². The van der Waals surface area contributed by atoms with Crippen LogP contribution in [0.3, 0.4) is 0 Å². The molecule has 2 aliphatic heterocycles. The maximum atomic E-state index is 12.9. The van der Waals surface area contributed by atoms with Crippen LogP contribution >= 0.6 is 11.8 Å². The van der Waals surface area contributed by atoms with Gasteiger partial charge in [0.05, 0.1) is 42.2 Å². The Morgan fingerprint density at radius 1 is 1.09 bits per heavy atom. The number of amides is 2. The van der Waals surface area contributed by atoms with E-state index in [0.717, 1.165) is 37.4 Å². The zero-order chi connectivity index (χ0) is 24.7. The molecule has 1 N–H and O–H groups in total. The third-order valence-corrected chi connectivity index (χ3v) is 6.98. The van der Waals surface area contributed by atoms with E-state index in [-0.39, 0.29) is 22.3 Å². The van der Waals surface area contributed by atoms with Gasteiger partial charge < -0.3 is 19.7 Å². The Hall–Kier alpha value is -3.32. The van der Waals surface area contributed by atoms with Gasteiger partial charge in [-0.15, -0.1) is 0 Å². The lowest BCUT2D eigenvalue weighted by Crippen LogP contribution is -2.44. The zero-order valence-electron chi connectivity index (χ0n) is 19.2. The minimum Gasteiger partial charge on any atom is -0.468 e. The second kappa shape index (κ2) is 11.7. The third-order valence-electron chi connectivity index (χ3n) is 5.97. The number of likely N-dealkylation sites (tertiary alicyclic amines) is 1. The van der Waals surface area contributed by atoms with Crippen LogP contribution in [-0.2, 0) is 23.9 Å². The lowest BCUT2D eigenvalue weighted by atomic mass is 9.78. The molecule has 3 rings (SSSR count). The molecular weight excluding hydrogens is 458 g/mol. The molecule has 180 valence electrons. The molecule has 0 aliphatic carbocycles. The van der Waals surface area contributed by atoms with Crippen molar-refractivity contribution < 1.29 is 28.7 Å². The molecule has 0 spiro atoms. The highest BCUT2D eigenvalue weighted by atomic mass is 32.2. The molecule has 1 aromatic carbocycles. The van der Waals surface area contributed by atoms with Crippen molar-refractivity contribution in [1.82, 2.24) is 10.2 Å². The molecule has 1 fully saturated rings. The number of carbonyl (C=O) groups excluding carboxylic acids is 4. The Bertz CT molecular complexity index is 1020. The number of carbonyl (C=O) groups is 4. The van der Waals surface area contributed by atoms with Crippen molar-refractivity contribution in [1.29, 1.82) is 5.26 Å². The number of nitrogens with one attached hydrogen (secondary N) is 1. The number of thioether (sulfide) groups is 1. The molecule has 2 heterocycles. The van der Waals surface area contributed by atoms with Crippen LogP contribution in [0.5, 0.6) is 0 Å². The van der Waals surface area contributed by atoms with Gasteiger partial charge in [-0.25, -0.2) is 4.79 Å². The number of esters is 2. The first-order chi connectivity index (χ1) is 16.4. The van der Waals surface area contributed by atoms with Gasteiger partial charge in [-0.3, -0.25) is 14.4 Å². The van der Waals surface area contributed by atoms with Gasteiger partial charge in [0.15, 0.2) is 0 Å². The first kappa shape index (κ1) is 25.3. The van der Waals surface area contributed by atoms with Gasteiger partial charge in [-0.05, 0) is 30.5 Å². The van der Waals surface area contributed by atoms with Gasteiger partial charge in [0.1, 0.15) is 5.92 Å². The van der Waals surface area contributed by atoms with Crippen LogP contribution in [0.15, 0.2) is 34.9 Å². The first-order valence-electron chi connectivity index (χ1n) is 11.0. The lowest BCUT2D eigenvalue weighted by Gasteiger charge is -2.31. The van der Waals surface area contributed by atoms with Crippen molar-refractivity contribution in [2.45, 2.75) is 31.6 Å². The van der Waals surface area contributed by atoms with Crippen molar-refractivity contribution in [3.05, 3.63) is 46.0 Å². The topological polar surface area (TPSA) is 126 Å². The summed E-state index contributed by atoms with van der Waals surface area (Å²) in [7, 11) is 2.44. The first-order valence-corrected chi connectivity index (χ1v) is 12.0. The van der Waals surface area contributed by atoms with Crippen LogP contribution in [0, 0.1) is 17.2 Å². The van der Waals surface area contributed by atoms with Crippen molar-refractivity contribution in [3.8, 4) is 6.07 Å². The van der Waals surface area contributed by atoms with E-state index in [9.17, 15) is 24.4 Å². The number of allylic oxidation sites excluding steroid dienone is 1. The second-order valence-corrected chi connectivity index (χ2v) is 9.01. The van der Waals surface area contributed by atoms with Crippen LogP contribution in [0.4, 0.5) is 0 Å². The van der Waals surface area contributed by atoms with Crippen molar-refractivity contribution in [3.63, 3.8) is 0 Å². The minimum absolute atomic E-state index is 0.0555. The molecule has 0 radical (unpaired) electrons. The van der Waals surface area contributed by atoms with Crippen LogP contribution in [0.1, 0.15) is 47.5 Å². The predicted octanol–water partition coefficient (Wildman–Crippen LogP) is 2.35. The zero-order valence-corrected chi connectivity index (χ0v) is 20.0. The number of benzene rings is 1. The summed E-state index contributed by atoms with van der Waals surface area (Å²) in [6.07, 6.45) is 4.12. The smallest absolute Gasteiger partial charge is 0.337 e. The number of ether oxygens (including phenoxy) is 2. The molecule has 0 bridgehead atoms. The highest BCUT2D eigenvalue weighted by molar-refractivity contribution is 8.03. The van der Waals surface area contributed by atoms with E-state index in [1.165, 1.54) is 26.4 Å². The standard InChI is InChI=1S/C24H27N3O6S/c1-32-23(30)16-9-7-15(8-10-16)19-17(13-25)22(26-21(29)20(19)24(31)33-2)34-14-18(28)27-11-5-3-4-6-12-27/h7-10,19-20H,3-6,11-12,14H2,1-2H3,(H,26,29)/t19-,20-/m0/s1. The monoisotopic (exact) mass is 485 g/mol. The minimum atomic E-state index is -1.28. The summed E-state index contributed by atoms with van der Waals surface area (Å²) < 4.78 is 9.54. The lowest BCUT2D eigenvalue weighted by molar-refractivity contribution is -0.150. The van der Waals surface area contributed by atoms with Gasteiger partial charge in [0.25, 0.3) is 0 Å². The summed E-state index contributed by atoms with van der Waals surface area (Å²) in [5, 5.41) is 12.9. The van der Waals surface area contributed by atoms with Crippen LogP contribution in [0.25, 0.3) is 0 Å². The molecule has 10 heteroatoms. The largest absolute Gasteiger partial charge is 0.468 e. The number of nitriles is 1. The second-order valence-electron chi connectivity index (χ2n) is 8.02. The molecule has 2 atom stereocenters. The van der Waals surface area contributed by atoms with Gasteiger partial charge in [0, 0.05) is 19.0 Å². The molecule has 2 aliphatic rings.